The third-order valence-electron chi connectivity index (χ3n) is 15.4. The van der Waals surface area contributed by atoms with Gasteiger partial charge in [-0.1, -0.05) is 121 Å². The minimum atomic E-state index is 0.881. The van der Waals surface area contributed by atoms with Crippen LogP contribution in [0.4, 0.5) is 34.1 Å². The Hall–Kier alpha value is -8.74. The minimum Gasteiger partial charge on any atom is -0.455 e. The van der Waals surface area contributed by atoms with Gasteiger partial charge in [0.2, 0.25) is 0 Å². The molecule has 4 heterocycles. The summed E-state index contributed by atoms with van der Waals surface area (Å²) in [6.07, 6.45) is 13.2. The molecule has 6 heteroatoms. The van der Waals surface area contributed by atoms with Gasteiger partial charge in [-0.05, 0) is 120 Å². The molecule has 2 aliphatic heterocycles. The standard InChI is InChI=1S/C64H46N4O2/c1-65-51-23-5-9-27-55(51)67(56-28-10-6-24-52(56)65)39-33-35-43-49(37-39)61(47-21-15-19-45-41-17-3-13-31-59(41)69-63(45)47)44-36-34-40(68-57-29-11-7-25-53(57)66(2)54-26-8-12-30-58(54)68)38-50(44)62(43)48-22-16-20-46-42-18-4-14-32-60(42)70-64(46)48/h3-7,9,11-25,27,29-38H,8,10,26,28H2,1-2H3. The summed E-state index contributed by atoms with van der Waals surface area (Å²) in [7, 11) is 4.41. The highest BCUT2D eigenvalue weighted by atomic mass is 16.3. The molecule has 334 valence electrons. The zero-order valence-corrected chi connectivity index (χ0v) is 38.9. The summed E-state index contributed by atoms with van der Waals surface area (Å²) < 4.78 is 13.9. The molecule has 2 aromatic heterocycles. The number of likely N-dealkylation sites (N-methyl/N-ethyl adjacent to an activating group) is 1. The lowest BCUT2D eigenvalue weighted by atomic mass is 9.84. The van der Waals surface area contributed by atoms with Crippen molar-refractivity contribution in [3.05, 3.63) is 217 Å². The molecule has 0 saturated carbocycles. The predicted molar refractivity (Wildman–Crippen MR) is 292 cm³/mol. The molecule has 2 aliphatic carbocycles. The molecule has 0 radical (unpaired) electrons. The van der Waals surface area contributed by atoms with Crippen LogP contribution in [0.3, 0.4) is 0 Å². The molecule has 6 nitrogen and oxygen atoms in total. The average Bonchev–Trinajstić information content (AvgIpc) is 4.00. The van der Waals surface area contributed by atoms with Gasteiger partial charge in [-0.15, -0.1) is 0 Å². The highest BCUT2D eigenvalue weighted by molar-refractivity contribution is 6.27. The van der Waals surface area contributed by atoms with Crippen LogP contribution in [0.25, 0.3) is 87.7 Å². The van der Waals surface area contributed by atoms with Gasteiger partial charge in [0.1, 0.15) is 22.3 Å². The van der Waals surface area contributed by atoms with Crippen LogP contribution in [0.5, 0.6) is 0 Å². The number of anilines is 6. The number of para-hydroxylation sites is 8. The number of furan rings is 2. The lowest BCUT2D eigenvalue weighted by Gasteiger charge is -2.41. The first kappa shape index (κ1) is 39.3. The van der Waals surface area contributed by atoms with Gasteiger partial charge in [-0.3, -0.25) is 0 Å². The van der Waals surface area contributed by atoms with E-state index in [0.29, 0.717) is 0 Å². The van der Waals surface area contributed by atoms with E-state index in [1.54, 1.807) is 0 Å². The van der Waals surface area contributed by atoms with Crippen LogP contribution >= 0.6 is 0 Å². The van der Waals surface area contributed by atoms with Gasteiger partial charge in [0.25, 0.3) is 0 Å². The molecule has 0 fully saturated rings. The summed E-state index contributed by atoms with van der Waals surface area (Å²) in [5.41, 5.74) is 19.9. The summed E-state index contributed by atoms with van der Waals surface area (Å²) in [5.74, 6) is 0. The first-order chi connectivity index (χ1) is 34.6. The number of hydrogen-bond acceptors (Lipinski definition) is 6. The maximum Gasteiger partial charge on any atom is 0.143 e. The molecule has 9 aromatic carbocycles. The second-order valence-corrected chi connectivity index (χ2v) is 19.1. The smallest absolute Gasteiger partial charge is 0.143 e. The summed E-state index contributed by atoms with van der Waals surface area (Å²) in [5, 5.41) is 8.99. The molecule has 0 spiro atoms. The molecule has 0 atom stereocenters. The highest BCUT2D eigenvalue weighted by Gasteiger charge is 2.33. The lowest BCUT2D eigenvalue weighted by Crippen LogP contribution is -2.32. The maximum absolute atomic E-state index is 6.97. The highest BCUT2D eigenvalue weighted by Crippen LogP contribution is 2.54. The molecule has 4 aliphatic rings. The molecule has 0 bridgehead atoms. The van der Waals surface area contributed by atoms with Crippen LogP contribution in [0, 0.1) is 0 Å². The fourth-order valence-corrected chi connectivity index (χ4v) is 12.3. The monoisotopic (exact) mass is 902 g/mol. The number of nitrogens with zero attached hydrogens (tertiary/aromatic N) is 4. The van der Waals surface area contributed by atoms with Crippen LogP contribution in [0.15, 0.2) is 226 Å². The summed E-state index contributed by atoms with van der Waals surface area (Å²) in [4.78, 5) is 9.73. The van der Waals surface area contributed by atoms with Gasteiger partial charge >= 0.3 is 0 Å². The Balaban J connectivity index is 1.10. The predicted octanol–water partition coefficient (Wildman–Crippen LogP) is 17.4. The van der Waals surface area contributed by atoms with Gasteiger partial charge < -0.3 is 28.4 Å². The summed E-state index contributed by atoms with van der Waals surface area (Å²) in [6.45, 7) is 0. The quantitative estimate of drug-likeness (QED) is 0.164. The molecule has 15 rings (SSSR count). The molecule has 0 saturated heterocycles. The van der Waals surface area contributed by atoms with Crippen molar-refractivity contribution < 1.29 is 8.83 Å². The van der Waals surface area contributed by atoms with Crippen molar-refractivity contribution in [1.29, 1.82) is 0 Å². The number of fused-ring (bicyclic) bond motifs is 10. The maximum atomic E-state index is 6.97. The molecule has 0 N–H and O–H groups in total. The van der Waals surface area contributed by atoms with Crippen molar-refractivity contribution in [3.63, 3.8) is 0 Å². The van der Waals surface area contributed by atoms with Crippen LogP contribution in [0.2, 0.25) is 0 Å². The molecular formula is C64H46N4O2. The molecule has 0 amide bonds. The van der Waals surface area contributed by atoms with E-state index in [1.165, 1.54) is 39.9 Å². The Bertz CT molecular complexity index is 4200. The van der Waals surface area contributed by atoms with E-state index < -0.39 is 0 Å². The van der Waals surface area contributed by atoms with Crippen molar-refractivity contribution in [3.8, 4) is 22.3 Å². The van der Waals surface area contributed by atoms with Gasteiger partial charge in [-0.2, -0.15) is 0 Å². The van der Waals surface area contributed by atoms with Crippen LogP contribution in [-0.2, 0) is 0 Å². The van der Waals surface area contributed by atoms with E-state index in [1.807, 2.05) is 0 Å². The SMILES string of the molecule is CN1C2=C(C=CCC2)N(c2ccc3c(-c4cccc5c4oc4ccccc45)c4cc(N5C6=C(C=CCC6)N(C)c6ccccc65)ccc4c(-c4cccc5c4oc4ccccc45)c3c2)c2ccccc21. The molecule has 70 heavy (non-hydrogen) atoms. The molecule has 11 aromatic rings. The van der Waals surface area contributed by atoms with Gasteiger partial charge in [0, 0.05) is 80.7 Å². The zero-order valence-electron chi connectivity index (χ0n) is 38.9. The Labute approximate surface area is 405 Å². The van der Waals surface area contributed by atoms with Crippen LogP contribution < -0.4 is 19.6 Å². The average molecular weight is 903 g/mol. The minimum absolute atomic E-state index is 0.881. The van der Waals surface area contributed by atoms with E-state index >= 15 is 0 Å². The van der Waals surface area contributed by atoms with Crippen molar-refractivity contribution in [2.45, 2.75) is 25.7 Å². The van der Waals surface area contributed by atoms with Gasteiger partial charge in [0.05, 0.1) is 34.1 Å². The Morgan fingerprint density at radius 3 is 1.44 bits per heavy atom. The summed E-state index contributed by atoms with van der Waals surface area (Å²) >= 11 is 0. The number of hydrogen-bond donors (Lipinski definition) is 0. The second-order valence-electron chi connectivity index (χ2n) is 19.1. The molecule has 0 unspecified atom stereocenters. The van der Waals surface area contributed by atoms with Crippen molar-refractivity contribution >= 4 is 99.5 Å². The number of benzene rings is 9. The Kier molecular flexibility index (Phi) is 8.35. The zero-order chi connectivity index (χ0) is 46.2. The third kappa shape index (κ3) is 5.50. The van der Waals surface area contributed by atoms with Crippen molar-refractivity contribution in [2.75, 3.05) is 33.7 Å². The summed E-state index contributed by atoms with van der Waals surface area (Å²) in [6, 6.07) is 62.1. The number of allylic oxidation sites excluding steroid dienone is 6. The number of rotatable bonds is 4. The first-order valence-electron chi connectivity index (χ1n) is 24.5. The van der Waals surface area contributed by atoms with Crippen LogP contribution in [0.1, 0.15) is 25.7 Å². The molecular weight excluding hydrogens is 857 g/mol. The van der Waals surface area contributed by atoms with Gasteiger partial charge in [0.15, 0.2) is 0 Å². The first-order valence-corrected chi connectivity index (χ1v) is 24.5. The Morgan fingerprint density at radius 1 is 0.371 bits per heavy atom. The van der Waals surface area contributed by atoms with E-state index in [4.69, 9.17) is 8.83 Å². The normalized spacial score (nSPS) is 15.6. The fourth-order valence-electron chi connectivity index (χ4n) is 12.3. The third-order valence-corrected chi connectivity index (χ3v) is 15.4. The second kappa shape index (κ2) is 14.9. The van der Waals surface area contributed by atoms with E-state index in [9.17, 15) is 0 Å². The van der Waals surface area contributed by atoms with Crippen LogP contribution in [-0.4, -0.2) is 14.1 Å². The Morgan fingerprint density at radius 2 is 0.843 bits per heavy atom. The largest absolute Gasteiger partial charge is 0.455 e. The van der Waals surface area contributed by atoms with E-state index in [-0.39, 0.29) is 0 Å². The van der Waals surface area contributed by atoms with Crippen molar-refractivity contribution in [2.24, 2.45) is 0 Å². The topological polar surface area (TPSA) is 39.2 Å². The lowest BCUT2D eigenvalue weighted by molar-refractivity contribution is 0.669. The fraction of sp³-hybridized carbons (Fsp3) is 0.0938. The van der Waals surface area contributed by atoms with Crippen molar-refractivity contribution in [1.82, 2.24) is 0 Å². The van der Waals surface area contributed by atoms with Gasteiger partial charge in [-0.25, -0.2) is 0 Å². The van der Waals surface area contributed by atoms with E-state index in [2.05, 4.69) is 228 Å². The van der Waals surface area contributed by atoms with E-state index in [0.717, 1.165) is 130 Å².